The van der Waals surface area contributed by atoms with Gasteiger partial charge in [0, 0.05) is 6.42 Å². The maximum atomic E-state index is 14.2. The molecule has 0 saturated heterocycles. The molecule has 0 saturated carbocycles. The van der Waals surface area contributed by atoms with Crippen molar-refractivity contribution >= 4 is 23.2 Å². The number of hydrogen-bond acceptors (Lipinski definition) is 1. The van der Waals surface area contributed by atoms with Gasteiger partial charge in [0.25, 0.3) is 0 Å². The number of ether oxygens (including phenoxy) is 1. The SMILES string of the molecule is Fc1cc(C[P+](c2ccccc2)(c2ccccc2)c2ccc(OCCC[18F])cc2)cc(F)c1F.[Br-]. The Hall–Kier alpha value is -2.69. The van der Waals surface area contributed by atoms with E-state index in [1.807, 2.05) is 84.9 Å². The van der Waals surface area contributed by atoms with Crippen molar-refractivity contribution < 1.29 is 39.3 Å². The summed E-state index contributed by atoms with van der Waals surface area (Å²) in [5.74, 6) is -3.26. The lowest BCUT2D eigenvalue weighted by atomic mass is 10.2. The Morgan fingerprint density at radius 1 is 0.657 bits per heavy atom. The second-order valence-corrected chi connectivity index (χ2v) is 11.4. The molecule has 0 atom stereocenters. The quantitative estimate of drug-likeness (QED) is 0.132. The predicted octanol–water partition coefficient (Wildman–Crippen LogP) is 3.34. The minimum absolute atomic E-state index is 0. The van der Waals surface area contributed by atoms with Crippen LogP contribution >= 0.6 is 7.26 Å². The Morgan fingerprint density at radius 2 is 1.14 bits per heavy atom. The van der Waals surface area contributed by atoms with E-state index in [2.05, 4.69) is 0 Å². The lowest BCUT2D eigenvalue weighted by Gasteiger charge is -2.28. The molecule has 0 unspecified atom stereocenters. The number of hydrogen-bond donors (Lipinski definition) is 0. The van der Waals surface area contributed by atoms with Crippen molar-refractivity contribution in [3.63, 3.8) is 0 Å². The van der Waals surface area contributed by atoms with Gasteiger partial charge in [-0.15, -0.1) is 0 Å². The molecule has 0 fully saturated rings. The lowest BCUT2D eigenvalue weighted by Crippen LogP contribution is -3.00. The molecule has 182 valence electrons. The predicted molar refractivity (Wildman–Crippen MR) is 131 cm³/mol. The van der Waals surface area contributed by atoms with Gasteiger partial charge in [-0.1, -0.05) is 36.4 Å². The van der Waals surface area contributed by atoms with E-state index in [-0.39, 0.29) is 23.6 Å². The average Bonchev–Trinajstić information content (AvgIpc) is 2.87. The van der Waals surface area contributed by atoms with E-state index in [4.69, 9.17) is 4.74 Å². The molecule has 4 aromatic carbocycles. The summed E-state index contributed by atoms with van der Waals surface area (Å²) >= 11 is 0. The van der Waals surface area contributed by atoms with Crippen molar-refractivity contribution in [1.29, 1.82) is 0 Å². The van der Waals surface area contributed by atoms with Crippen molar-refractivity contribution in [2.75, 3.05) is 13.3 Å². The summed E-state index contributed by atoms with van der Waals surface area (Å²) < 4.78 is 60.1. The molecule has 0 bridgehead atoms. The zero-order chi connectivity index (χ0) is 24.0. The van der Waals surface area contributed by atoms with Crippen molar-refractivity contribution in [1.82, 2.24) is 0 Å². The van der Waals surface area contributed by atoms with Crippen LogP contribution in [0.2, 0.25) is 0 Å². The molecular formula is C28H24BrF4OP. The van der Waals surface area contributed by atoms with Gasteiger partial charge in [-0.2, -0.15) is 0 Å². The summed E-state index contributed by atoms with van der Waals surface area (Å²) in [7, 11) is -2.45. The molecule has 0 aliphatic rings. The molecule has 0 aromatic heterocycles. The van der Waals surface area contributed by atoms with Gasteiger partial charge in [0.1, 0.15) is 28.9 Å². The Labute approximate surface area is 213 Å². The molecule has 0 aliphatic heterocycles. The average molecular weight is 562 g/mol. The van der Waals surface area contributed by atoms with Crippen LogP contribution in [0.15, 0.2) is 97.1 Å². The molecule has 35 heavy (non-hydrogen) atoms. The monoisotopic (exact) mass is 561 g/mol. The maximum absolute atomic E-state index is 14.2. The largest absolute Gasteiger partial charge is 1.00 e. The van der Waals surface area contributed by atoms with Crippen molar-refractivity contribution in [2.45, 2.75) is 12.6 Å². The number of benzene rings is 4. The molecule has 1 nitrogen and oxygen atoms in total. The van der Waals surface area contributed by atoms with Crippen LogP contribution in [0.3, 0.4) is 0 Å². The van der Waals surface area contributed by atoms with Crippen LogP contribution in [0.25, 0.3) is 0 Å². The summed E-state index contributed by atoms with van der Waals surface area (Å²) in [5, 5.41) is 3.03. The van der Waals surface area contributed by atoms with Gasteiger partial charge in [-0.3, -0.25) is 4.39 Å². The summed E-state index contributed by atoms with van der Waals surface area (Å²) in [6, 6.07) is 29.4. The summed E-state index contributed by atoms with van der Waals surface area (Å²) in [4.78, 5) is 0. The zero-order valence-electron chi connectivity index (χ0n) is 18.8. The second-order valence-electron chi connectivity index (χ2n) is 7.90. The Bertz CT molecular complexity index is 1160. The highest BCUT2D eigenvalue weighted by Gasteiger charge is 2.45. The van der Waals surface area contributed by atoms with E-state index in [1.54, 1.807) is 0 Å². The second kappa shape index (κ2) is 12.3. The number of halogens is 5. The summed E-state index contributed by atoms with van der Waals surface area (Å²) in [6.45, 7) is -0.166. The Morgan fingerprint density at radius 3 is 1.63 bits per heavy atom. The third-order valence-electron chi connectivity index (χ3n) is 5.68. The topological polar surface area (TPSA) is 9.23 Å². The normalized spacial score (nSPS) is 11.1. The molecule has 4 rings (SSSR count). The molecule has 0 aliphatic carbocycles. The van der Waals surface area contributed by atoms with Crippen molar-refractivity contribution in [3.8, 4) is 5.75 Å². The highest BCUT2D eigenvalue weighted by Crippen LogP contribution is 2.58. The van der Waals surface area contributed by atoms with E-state index in [9.17, 15) is 17.6 Å². The minimum Gasteiger partial charge on any atom is -1.00 e. The fourth-order valence-electron chi connectivity index (χ4n) is 4.10. The highest BCUT2D eigenvalue weighted by atomic mass is 79.9. The smallest absolute Gasteiger partial charge is 0.194 e. The van der Waals surface area contributed by atoms with E-state index in [0.717, 1.165) is 28.0 Å². The van der Waals surface area contributed by atoms with E-state index in [1.165, 1.54) is 0 Å². The first kappa shape index (κ1) is 26.9. The van der Waals surface area contributed by atoms with Crippen LogP contribution < -0.4 is 37.6 Å². The lowest BCUT2D eigenvalue weighted by molar-refractivity contribution is -0.00000948. The minimum atomic E-state index is -2.45. The summed E-state index contributed by atoms with van der Waals surface area (Å²) in [5.41, 5.74) is 0.376. The van der Waals surface area contributed by atoms with Gasteiger partial charge >= 0.3 is 0 Å². The zero-order valence-corrected chi connectivity index (χ0v) is 21.3. The molecule has 0 heterocycles. The van der Waals surface area contributed by atoms with Crippen LogP contribution in [0.5, 0.6) is 5.75 Å². The van der Waals surface area contributed by atoms with Crippen LogP contribution in [0, 0.1) is 17.5 Å². The van der Waals surface area contributed by atoms with Crippen LogP contribution in [-0.2, 0) is 6.16 Å². The van der Waals surface area contributed by atoms with Gasteiger partial charge in [0.15, 0.2) is 17.5 Å². The fraction of sp³-hybridized carbons (Fsp3) is 0.143. The Kier molecular flexibility index (Phi) is 9.47. The molecular weight excluding hydrogens is 538 g/mol. The molecule has 0 radical (unpaired) electrons. The third kappa shape index (κ3) is 5.94. The Balaban J connectivity index is 0.00000342. The first-order valence-electron chi connectivity index (χ1n) is 11.0. The molecule has 0 N–H and O–H groups in total. The third-order valence-corrected chi connectivity index (χ3v) is 10.1. The number of alkyl halides is 1. The highest BCUT2D eigenvalue weighted by molar-refractivity contribution is 7.95. The first-order valence-corrected chi connectivity index (χ1v) is 12.9. The van der Waals surface area contributed by atoms with Crippen LogP contribution in [0.1, 0.15) is 12.0 Å². The summed E-state index contributed by atoms with van der Waals surface area (Å²) in [6.07, 6.45) is 0.617. The molecule has 0 spiro atoms. The van der Waals surface area contributed by atoms with Crippen molar-refractivity contribution in [3.05, 3.63) is 120 Å². The van der Waals surface area contributed by atoms with E-state index < -0.39 is 31.4 Å². The first-order chi connectivity index (χ1) is 16.5. The van der Waals surface area contributed by atoms with Gasteiger partial charge in [-0.25, -0.2) is 13.2 Å². The standard InChI is InChI=1S/C28H24F4OP.BrH/c29-16-7-17-33-22-12-14-25(15-13-22)34(23-8-3-1-4-9-23,24-10-5-2-6-11-24)20-21-18-26(30)28(32)27(31)19-21;/h1-6,8-15,18-19H,7,16-17,20H2;1H/q+1;/p-1/i29-1;. The van der Waals surface area contributed by atoms with Gasteiger partial charge in [0.2, 0.25) is 0 Å². The molecule has 0 amide bonds. The molecule has 4 aromatic rings. The van der Waals surface area contributed by atoms with Gasteiger partial charge in [-0.05, 0) is 66.2 Å². The van der Waals surface area contributed by atoms with E-state index >= 15 is 0 Å². The fourth-order valence-corrected chi connectivity index (χ4v) is 8.29. The van der Waals surface area contributed by atoms with E-state index in [0.29, 0.717) is 23.9 Å². The molecule has 7 heteroatoms. The van der Waals surface area contributed by atoms with Crippen LogP contribution in [-0.4, -0.2) is 13.3 Å². The van der Waals surface area contributed by atoms with Crippen LogP contribution in [0.4, 0.5) is 17.6 Å². The van der Waals surface area contributed by atoms with Gasteiger partial charge < -0.3 is 21.7 Å². The van der Waals surface area contributed by atoms with Gasteiger partial charge in [0.05, 0.1) is 19.4 Å². The van der Waals surface area contributed by atoms with Crippen molar-refractivity contribution in [2.24, 2.45) is 0 Å². The number of rotatable bonds is 9. The maximum Gasteiger partial charge on any atom is 0.194 e.